The minimum Gasteiger partial charge on any atom is -0.447 e. The molecule has 0 bridgehead atoms. The van der Waals surface area contributed by atoms with E-state index in [2.05, 4.69) is 9.72 Å². The average Bonchev–Trinajstić information content (AvgIpc) is 3.44. The quantitative estimate of drug-likeness (QED) is 0.412. The van der Waals surface area contributed by atoms with Crippen LogP contribution in [0.25, 0.3) is 5.65 Å². The van der Waals surface area contributed by atoms with Gasteiger partial charge in [-0.05, 0) is 18.2 Å². The molecule has 0 spiro atoms. The number of carbonyl (C=O) groups is 2. The average molecular weight is 539 g/mol. The maximum absolute atomic E-state index is 13.2. The molecule has 2 aliphatic heterocycles. The third-order valence-corrected chi connectivity index (χ3v) is 10.2. The second kappa shape index (κ2) is 8.79. The van der Waals surface area contributed by atoms with E-state index < -0.39 is 45.2 Å². The Hall–Kier alpha value is -3.09. The van der Waals surface area contributed by atoms with E-state index in [1.165, 1.54) is 34.9 Å². The number of carbonyl (C=O) groups excluding carboxylic acids is 2. The molecule has 3 aromatic rings. The Labute approximate surface area is 202 Å². The van der Waals surface area contributed by atoms with Gasteiger partial charge < -0.3 is 28.8 Å². The molecule has 36 heavy (non-hydrogen) atoms. The summed E-state index contributed by atoms with van der Waals surface area (Å²) in [5, 5.41) is 7.82. The maximum Gasteiger partial charge on any atom is 0.424 e. The van der Waals surface area contributed by atoms with Gasteiger partial charge in [-0.15, -0.1) is 0 Å². The number of amides is 2. The minimum atomic E-state index is -5.30. The van der Waals surface area contributed by atoms with Crippen molar-refractivity contribution in [3.8, 4) is 5.75 Å². The maximum atomic E-state index is 13.2. The Balaban J connectivity index is 1.44. The van der Waals surface area contributed by atoms with E-state index in [1.54, 1.807) is 24.4 Å². The molecule has 14 nitrogen and oxygen atoms in total. The number of fused-ring (bicyclic) bond motifs is 1. The van der Waals surface area contributed by atoms with E-state index >= 15 is 0 Å². The van der Waals surface area contributed by atoms with Crippen LogP contribution in [-0.2, 0) is 29.3 Å². The molecule has 190 valence electrons. The van der Waals surface area contributed by atoms with E-state index in [0.717, 1.165) is 0 Å². The van der Waals surface area contributed by atoms with E-state index in [0.29, 0.717) is 10.5 Å². The zero-order chi connectivity index (χ0) is 25.7. The molecular weight excluding hydrogens is 520 g/mol. The van der Waals surface area contributed by atoms with Crippen molar-refractivity contribution in [2.75, 3.05) is 13.2 Å². The number of benzene rings is 1. The molecule has 0 radical (unpaired) electrons. The predicted molar refractivity (Wildman–Crippen MR) is 119 cm³/mol. The summed E-state index contributed by atoms with van der Waals surface area (Å²) < 4.78 is 48.0. The van der Waals surface area contributed by atoms with E-state index in [-0.39, 0.29) is 30.2 Å². The van der Waals surface area contributed by atoms with E-state index in [4.69, 9.17) is 13.8 Å². The molecule has 2 amide bonds. The number of cyclic esters (lactones) is 1. The molecule has 2 atom stereocenters. The number of imide groups is 1. The number of imidazole rings is 1. The van der Waals surface area contributed by atoms with Crippen LogP contribution in [0.5, 0.6) is 5.75 Å². The van der Waals surface area contributed by atoms with Gasteiger partial charge in [0.15, 0.2) is 0 Å². The Morgan fingerprint density at radius 2 is 1.83 bits per heavy atom. The molecule has 0 aliphatic carbocycles. The SMILES string of the molecule is O=C1OCCN1C(=O)Oc1ccccc1C1OP(=O)(O)C(O)(Cc2cnc3ccccn23)P(=O)(O)O1. The molecule has 16 heteroatoms. The smallest absolute Gasteiger partial charge is 0.424 e. The fourth-order valence-corrected chi connectivity index (χ4v) is 7.28. The molecule has 5 rings (SSSR count). The van der Waals surface area contributed by atoms with Gasteiger partial charge >= 0.3 is 27.4 Å². The van der Waals surface area contributed by atoms with Gasteiger partial charge in [0.25, 0.3) is 5.08 Å². The molecule has 2 unspecified atom stereocenters. The Morgan fingerprint density at radius 3 is 2.53 bits per heavy atom. The van der Waals surface area contributed by atoms with Crippen LogP contribution >= 0.6 is 15.2 Å². The summed E-state index contributed by atoms with van der Waals surface area (Å²) in [7, 11) is -10.6. The molecule has 2 saturated heterocycles. The number of hydrogen-bond donors (Lipinski definition) is 3. The molecule has 0 saturated carbocycles. The number of hydrogen-bond acceptors (Lipinski definition) is 10. The first kappa shape index (κ1) is 24.6. The molecule has 4 heterocycles. The topological polar surface area (TPSA) is 186 Å². The first-order chi connectivity index (χ1) is 17.0. The van der Waals surface area contributed by atoms with Gasteiger partial charge in [-0.3, -0.25) is 18.2 Å². The molecule has 2 aliphatic rings. The van der Waals surface area contributed by atoms with Crippen molar-refractivity contribution in [1.82, 2.24) is 14.3 Å². The predicted octanol–water partition coefficient (Wildman–Crippen LogP) is 2.59. The monoisotopic (exact) mass is 539 g/mol. The van der Waals surface area contributed by atoms with E-state index in [9.17, 15) is 33.6 Å². The number of ether oxygens (including phenoxy) is 2. The van der Waals surface area contributed by atoms with Crippen molar-refractivity contribution in [3.63, 3.8) is 0 Å². The summed E-state index contributed by atoms with van der Waals surface area (Å²) in [5.41, 5.74) is 0.373. The lowest BCUT2D eigenvalue weighted by Crippen LogP contribution is -2.38. The highest BCUT2D eigenvalue weighted by molar-refractivity contribution is 7.73. The fourth-order valence-electron chi connectivity index (χ4n) is 3.76. The first-order valence-electron chi connectivity index (χ1n) is 10.4. The van der Waals surface area contributed by atoms with Crippen LogP contribution in [-0.4, -0.2) is 59.6 Å². The van der Waals surface area contributed by atoms with E-state index in [1.807, 2.05) is 0 Å². The Bertz CT molecular complexity index is 1430. The van der Waals surface area contributed by atoms with Gasteiger partial charge in [0, 0.05) is 24.5 Å². The van der Waals surface area contributed by atoms with Crippen molar-refractivity contribution in [1.29, 1.82) is 0 Å². The van der Waals surface area contributed by atoms with Crippen LogP contribution in [0, 0.1) is 0 Å². The van der Waals surface area contributed by atoms with Crippen LogP contribution in [0.1, 0.15) is 17.5 Å². The number of nitrogens with zero attached hydrogens (tertiary/aromatic N) is 3. The number of aliphatic hydroxyl groups is 1. The van der Waals surface area contributed by atoms with Gasteiger partial charge in [-0.1, -0.05) is 24.3 Å². The Kier molecular flexibility index (Phi) is 6.00. The highest BCUT2D eigenvalue weighted by Gasteiger charge is 2.67. The highest BCUT2D eigenvalue weighted by atomic mass is 31.2. The lowest BCUT2D eigenvalue weighted by Gasteiger charge is -2.41. The minimum absolute atomic E-state index is 0.0170. The molecule has 3 N–H and O–H groups in total. The van der Waals surface area contributed by atoms with Crippen molar-refractivity contribution in [3.05, 3.63) is 66.1 Å². The number of aromatic nitrogens is 2. The lowest BCUT2D eigenvalue weighted by atomic mass is 10.2. The number of rotatable bonds is 4. The highest BCUT2D eigenvalue weighted by Crippen LogP contribution is 2.79. The van der Waals surface area contributed by atoms with Crippen molar-refractivity contribution in [2.45, 2.75) is 17.8 Å². The summed E-state index contributed by atoms with van der Waals surface area (Å²) in [6.07, 6.45) is -1.98. The van der Waals surface area contributed by atoms with Crippen LogP contribution in [0.4, 0.5) is 9.59 Å². The largest absolute Gasteiger partial charge is 0.447 e. The molecule has 2 aromatic heterocycles. The van der Waals surface area contributed by atoms with Crippen molar-refractivity contribution >= 4 is 33.0 Å². The number of para-hydroxylation sites is 1. The molecular formula is C20H19N3O11P2. The summed E-state index contributed by atoms with van der Waals surface area (Å²) >= 11 is 0. The summed E-state index contributed by atoms with van der Waals surface area (Å²) in [6, 6.07) is 10.3. The van der Waals surface area contributed by atoms with Crippen LogP contribution in [0.3, 0.4) is 0 Å². The normalized spacial score (nSPS) is 30.4. The summed E-state index contributed by atoms with van der Waals surface area (Å²) in [4.78, 5) is 50.1. The molecule has 1 aromatic carbocycles. The third-order valence-electron chi connectivity index (χ3n) is 5.65. The van der Waals surface area contributed by atoms with Crippen LogP contribution in [0.2, 0.25) is 0 Å². The first-order valence-corrected chi connectivity index (χ1v) is 13.6. The number of pyridine rings is 1. The second-order valence-electron chi connectivity index (χ2n) is 7.88. The molecule has 2 fully saturated rings. The van der Waals surface area contributed by atoms with Crippen molar-refractivity contribution < 1.29 is 52.1 Å². The van der Waals surface area contributed by atoms with Gasteiger partial charge in [0.1, 0.15) is 18.0 Å². The fraction of sp³-hybridized carbons (Fsp3) is 0.250. The zero-order valence-corrected chi connectivity index (χ0v) is 20.0. The lowest BCUT2D eigenvalue weighted by molar-refractivity contribution is -0.0588. The third kappa shape index (κ3) is 4.02. The zero-order valence-electron chi connectivity index (χ0n) is 18.2. The summed E-state index contributed by atoms with van der Waals surface area (Å²) in [6.45, 7) is -0.0683. The van der Waals surface area contributed by atoms with Crippen molar-refractivity contribution in [2.24, 2.45) is 0 Å². The Morgan fingerprint density at radius 1 is 1.14 bits per heavy atom. The van der Waals surface area contributed by atoms with Gasteiger partial charge in [0.2, 0.25) is 6.29 Å². The van der Waals surface area contributed by atoms with Crippen LogP contribution in [0.15, 0.2) is 54.9 Å². The standard InChI is InChI=1S/C20H19N3O11P2/c24-18-23(9-10-31-18)19(25)32-15-6-2-1-5-14(15)17-33-35(27,28)20(26,36(29,30)34-17)11-13-12-21-16-7-3-4-8-22(13)16/h1-8,12,17,26H,9-11H2,(H,27,28)(H,29,30). The van der Waals surface area contributed by atoms with Gasteiger partial charge in [-0.2, -0.15) is 0 Å². The summed E-state index contributed by atoms with van der Waals surface area (Å²) in [5.74, 6) is -0.278. The van der Waals surface area contributed by atoms with Crippen LogP contribution < -0.4 is 4.74 Å². The second-order valence-corrected chi connectivity index (χ2v) is 12.2. The van der Waals surface area contributed by atoms with Gasteiger partial charge in [0.05, 0.1) is 12.1 Å². The van der Waals surface area contributed by atoms with Gasteiger partial charge in [-0.25, -0.2) is 19.5 Å².